The molecule has 2 saturated carbocycles. The van der Waals surface area contributed by atoms with Crippen LogP contribution in [0, 0.1) is 35.9 Å². The van der Waals surface area contributed by atoms with Crippen molar-refractivity contribution in [2.24, 2.45) is 11.8 Å². The minimum Gasteiger partial charge on any atom is -0.388 e. The number of benzene rings is 2. The van der Waals surface area contributed by atoms with Crippen LogP contribution in [0.2, 0.25) is 5.02 Å². The number of aliphatic hydroxyl groups is 1. The van der Waals surface area contributed by atoms with Gasteiger partial charge in [0.1, 0.15) is 12.6 Å². The van der Waals surface area contributed by atoms with Crippen LogP contribution in [0.15, 0.2) is 35.2 Å². The molecule has 1 saturated heterocycles. The Labute approximate surface area is 228 Å². The molecule has 0 radical (unpaired) electrons. The second-order valence-electron chi connectivity index (χ2n) is 10.5. The molecule has 5 rings (SSSR count). The van der Waals surface area contributed by atoms with Crippen molar-refractivity contribution in [3.8, 4) is 0 Å². The van der Waals surface area contributed by atoms with Gasteiger partial charge in [0.2, 0.25) is 0 Å². The summed E-state index contributed by atoms with van der Waals surface area (Å²) in [6.45, 7) is 7.64. The van der Waals surface area contributed by atoms with Gasteiger partial charge in [-0.1, -0.05) is 11.6 Å². The van der Waals surface area contributed by atoms with Crippen LogP contribution >= 0.6 is 11.6 Å². The fourth-order valence-electron chi connectivity index (χ4n) is 6.57. The maximum absolute atomic E-state index is 13.9. The van der Waals surface area contributed by atoms with Crippen LogP contribution in [0.3, 0.4) is 0 Å². The smallest absolute Gasteiger partial charge is 0.268 e. The first-order valence-corrected chi connectivity index (χ1v) is 14.2. The predicted octanol–water partition coefficient (Wildman–Crippen LogP) is 4.24. The van der Waals surface area contributed by atoms with Crippen molar-refractivity contribution >= 4 is 33.0 Å². The normalized spacial score (nSPS) is 30.7. The molecule has 8 nitrogen and oxygen atoms in total. The van der Waals surface area contributed by atoms with Crippen molar-refractivity contribution in [1.82, 2.24) is 5.06 Å². The molecule has 6 atom stereocenters. The zero-order valence-electron chi connectivity index (χ0n) is 20.7. The van der Waals surface area contributed by atoms with E-state index in [4.69, 9.17) is 23.0 Å². The number of fused-ring (bicyclic) bond motifs is 2. The number of hydrogen-bond acceptors (Lipinski definition) is 6. The Morgan fingerprint density at radius 3 is 2.38 bits per heavy atom. The maximum Gasteiger partial charge on any atom is 0.268 e. The summed E-state index contributed by atoms with van der Waals surface area (Å²) in [6.07, 6.45) is 1.46. The van der Waals surface area contributed by atoms with E-state index in [0.717, 1.165) is 6.07 Å². The van der Waals surface area contributed by atoms with Gasteiger partial charge in [-0.25, -0.2) is 28.2 Å². The van der Waals surface area contributed by atoms with Gasteiger partial charge in [-0.05, 0) is 55.7 Å². The SMILES string of the molecule is [C-]#[N+]C1CON(C)C1C1(O)CC2CC[C@@H](C1)C2S(=O)(=O)c1cc(C(=O)Nc2cc(F)c(F)c(F)c2)ccc1Cl. The number of rotatable bonds is 5. The highest BCUT2D eigenvalue weighted by atomic mass is 35.5. The Bertz CT molecular complexity index is 1450. The lowest BCUT2D eigenvalue weighted by Crippen LogP contribution is -2.58. The summed E-state index contributed by atoms with van der Waals surface area (Å²) >= 11 is 6.30. The van der Waals surface area contributed by atoms with Crippen molar-refractivity contribution in [3.05, 3.63) is 69.8 Å². The van der Waals surface area contributed by atoms with Gasteiger partial charge in [-0.3, -0.25) is 9.63 Å². The molecule has 1 amide bonds. The van der Waals surface area contributed by atoms with Gasteiger partial charge in [0.25, 0.3) is 11.9 Å². The molecule has 39 heavy (non-hydrogen) atoms. The number of hydroxylamine groups is 2. The van der Waals surface area contributed by atoms with Gasteiger partial charge in [-0.2, -0.15) is 5.06 Å². The third kappa shape index (κ3) is 4.80. The zero-order chi connectivity index (χ0) is 28.3. The van der Waals surface area contributed by atoms with E-state index >= 15 is 0 Å². The summed E-state index contributed by atoms with van der Waals surface area (Å²) in [5.41, 5.74) is -1.78. The number of amides is 1. The fraction of sp³-hybridized carbons (Fsp3) is 0.462. The summed E-state index contributed by atoms with van der Waals surface area (Å²) in [6, 6.07) is 3.69. The summed E-state index contributed by atoms with van der Waals surface area (Å²) in [5.74, 6) is -6.34. The van der Waals surface area contributed by atoms with Gasteiger partial charge in [0.05, 0.1) is 20.8 Å². The minimum absolute atomic E-state index is 0.0948. The van der Waals surface area contributed by atoms with Gasteiger partial charge in [-0.15, -0.1) is 0 Å². The van der Waals surface area contributed by atoms with Crippen LogP contribution < -0.4 is 5.32 Å². The van der Waals surface area contributed by atoms with Crippen molar-refractivity contribution in [3.63, 3.8) is 0 Å². The number of nitrogens with one attached hydrogen (secondary N) is 1. The first-order chi connectivity index (χ1) is 18.4. The fourth-order valence-corrected chi connectivity index (χ4v) is 9.41. The summed E-state index contributed by atoms with van der Waals surface area (Å²) in [4.78, 5) is 21.6. The van der Waals surface area contributed by atoms with E-state index in [-0.39, 0.29) is 40.6 Å². The zero-order valence-corrected chi connectivity index (χ0v) is 22.3. The van der Waals surface area contributed by atoms with E-state index < -0.39 is 68.0 Å². The second kappa shape index (κ2) is 10.1. The lowest BCUT2D eigenvalue weighted by molar-refractivity contribution is -0.169. The number of nitrogens with zero attached hydrogens (tertiary/aromatic N) is 2. The molecule has 5 unspecified atom stereocenters. The molecular weight excluding hydrogens is 559 g/mol. The molecule has 2 aromatic carbocycles. The van der Waals surface area contributed by atoms with Crippen LogP contribution in [0.25, 0.3) is 4.85 Å². The van der Waals surface area contributed by atoms with E-state index in [1.807, 2.05) is 0 Å². The topological polar surface area (TPSA) is 100 Å². The third-order valence-electron chi connectivity index (χ3n) is 8.09. The van der Waals surface area contributed by atoms with Crippen molar-refractivity contribution < 1.29 is 36.3 Å². The Kier molecular flexibility index (Phi) is 7.18. The quantitative estimate of drug-likeness (QED) is 0.404. The van der Waals surface area contributed by atoms with Crippen LogP contribution in [0.4, 0.5) is 18.9 Å². The first kappa shape index (κ1) is 27.9. The van der Waals surface area contributed by atoms with Gasteiger partial charge >= 0.3 is 0 Å². The number of halogens is 4. The van der Waals surface area contributed by atoms with Crippen molar-refractivity contribution in [1.29, 1.82) is 0 Å². The monoisotopic (exact) mass is 583 g/mol. The predicted molar refractivity (Wildman–Crippen MR) is 135 cm³/mol. The Morgan fingerprint density at radius 1 is 1.18 bits per heavy atom. The number of anilines is 1. The minimum atomic E-state index is -4.08. The number of likely N-dealkylation sites (N-methyl/N-ethyl adjacent to an activating group) is 1. The van der Waals surface area contributed by atoms with Gasteiger partial charge in [0.15, 0.2) is 27.3 Å². The molecule has 2 aliphatic carbocycles. The molecule has 2 N–H and O–H groups in total. The molecule has 2 bridgehead atoms. The van der Waals surface area contributed by atoms with E-state index in [9.17, 15) is 31.5 Å². The standard InChI is InChI=1S/C26H25ClF3N3O5S/c1-31-20-12-38-33(2)24(20)26(35)10-14-3-4-15(11-26)23(14)39(36,37)21-7-13(5-6-17(21)27)25(34)32-16-8-18(28)22(30)19(29)9-16/h5-9,14-15,20,23-24,35H,3-4,10-12H2,2H3,(H,32,34)/t14-,15?,20?,23?,24?,26?/m0/s1. The number of sulfone groups is 1. The molecule has 3 fully saturated rings. The highest BCUT2D eigenvalue weighted by Crippen LogP contribution is 2.53. The summed E-state index contributed by atoms with van der Waals surface area (Å²) in [5, 5.41) is 14.4. The third-order valence-corrected chi connectivity index (χ3v) is 11.0. The summed E-state index contributed by atoms with van der Waals surface area (Å²) in [7, 11) is -2.42. The van der Waals surface area contributed by atoms with E-state index in [2.05, 4.69) is 10.2 Å². The van der Waals surface area contributed by atoms with E-state index in [0.29, 0.717) is 25.0 Å². The van der Waals surface area contributed by atoms with E-state index in [1.165, 1.54) is 17.2 Å². The highest BCUT2D eigenvalue weighted by Gasteiger charge is 2.61. The van der Waals surface area contributed by atoms with Crippen LogP contribution in [-0.4, -0.2) is 61.1 Å². The van der Waals surface area contributed by atoms with Crippen molar-refractivity contribution in [2.45, 2.75) is 53.5 Å². The number of carbonyl (C=O) groups excluding carboxylic acids is 1. The Balaban J connectivity index is 1.41. The van der Waals surface area contributed by atoms with Crippen LogP contribution in [-0.2, 0) is 14.7 Å². The molecule has 0 spiro atoms. The second-order valence-corrected chi connectivity index (χ2v) is 12.9. The lowest BCUT2D eigenvalue weighted by atomic mass is 9.71. The highest BCUT2D eigenvalue weighted by molar-refractivity contribution is 7.92. The van der Waals surface area contributed by atoms with Gasteiger partial charge < -0.3 is 15.3 Å². The lowest BCUT2D eigenvalue weighted by Gasteiger charge is -2.44. The number of carbonyl (C=O) groups is 1. The average Bonchev–Trinajstić information content (AvgIpc) is 3.40. The molecule has 3 aliphatic rings. The van der Waals surface area contributed by atoms with Crippen LogP contribution in [0.1, 0.15) is 36.0 Å². The largest absolute Gasteiger partial charge is 0.388 e. The van der Waals surface area contributed by atoms with E-state index in [1.54, 1.807) is 7.05 Å². The van der Waals surface area contributed by atoms with Gasteiger partial charge in [0, 0.05) is 30.4 Å². The molecule has 13 heteroatoms. The molecule has 1 heterocycles. The molecular formula is C26H25ClF3N3O5S. The maximum atomic E-state index is 13.9. The Morgan fingerprint density at radius 2 is 1.79 bits per heavy atom. The van der Waals surface area contributed by atoms with Crippen molar-refractivity contribution in [2.75, 3.05) is 19.0 Å². The molecule has 208 valence electrons. The first-order valence-electron chi connectivity index (χ1n) is 12.3. The average molecular weight is 584 g/mol. The molecule has 2 aromatic rings. The number of hydrogen-bond donors (Lipinski definition) is 2. The summed E-state index contributed by atoms with van der Waals surface area (Å²) < 4.78 is 68.2. The van der Waals surface area contributed by atoms with Crippen LogP contribution in [0.5, 0.6) is 0 Å². The molecule has 1 aliphatic heterocycles. The Hall–Kier alpha value is -2.69. The molecule has 0 aromatic heterocycles.